The topological polar surface area (TPSA) is 50.8 Å². The number of benzene rings is 3. The number of hydrogen-bond donors (Lipinski definition) is 1. The molecule has 0 fully saturated rings. The summed E-state index contributed by atoms with van der Waals surface area (Å²) in [6.07, 6.45) is 0. The number of anilines is 1. The smallest absolute Gasteiger partial charge is 0.322 e. The van der Waals surface area contributed by atoms with E-state index in [0.29, 0.717) is 25.4 Å². The largest absolute Gasteiger partial charge is 0.497 e. The van der Waals surface area contributed by atoms with Crippen LogP contribution in [0.5, 0.6) is 11.5 Å². The average molecular weight is 376 g/mol. The molecule has 0 bridgehead atoms. The standard InChI is InChI=1S/C23H24N2O3/c1-27-21-13-8-14-22(17-21)28-16-15-24-23(26)25(20-11-6-3-7-12-20)18-19-9-4-2-5-10-19/h2-14,17H,15-16,18H2,1H3,(H,24,26). The van der Waals surface area contributed by atoms with Crippen LogP contribution in [-0.2, 0) is 6.54 Å². The summed E-state index contributed by atoms with van der Waals surface area (Å²) >= 11 is 0. The molecule has 0 atom stereocenters. The molecule has 0 unspecified atom stereocenters. The van der Waals surface area contributed by atoms with Gasteiger partial charge in [0.25, 0.3) is 0 Å². The first-order chi connectivity index (χ1) is 13.8. The van der Waals surface area contributed by atoms with E-state index in [2.05, 4.69) is 5.32 Å². The summed E-state index contributed by atoms with van der Waals surface area (Å²) < 4.78 is 10.9. The van der Waals surface area contributed by atoms with Crippen molar-refractivity contribution in [3.05, 3.63) is 90.5 Å². The highest BCUT2D eigenvalue weighted by molar-refractivity contribution is 5.91. The van der Waals surface area contributed by atoms with Crippen LogP contribution in [-0.4, -0.2) is 26.3 Å². The third-order valence-corrected chi connectivity index (χ3v) is 4.18. The Balaban J connectivity index is 1.58. The Morgan fingerprint density at radius 3 is 2.29 bits per heavy atom. The van der Waals surface area contributed by atoms with Crippen molar-refractivity contribution in [3.8, 4) is 11.5 Å². The number of carbonyl (C=O) groups excluding carboxylic acids is 1. The number of methoxy groups -OCH3 is 1. The van der Waals surface area contributed by atoms with E-state index in [4.69, 9.17) is 9.47 Å². The molecular weight excluding hydrogens is 352 g/mol. The fraction of sp³-hybridized carbons (Fsp3) is 0.174. The SMILES string of the molecule is COc1cccc(OCCNC(=O)N(Cc2ccccc2)c2ccccc2)c1. The summed E-state index contributed by atoms with van der Waals surface area (Å²) in [5, 5.41) is 2.93. The van der Waals surface area contributed by atoms with Crippen LogP contribution in [0, 0.1) is 0 Å². The second-order valence-electron chi connectivity index (χ2n) is 6.17. The lowest BCUT2D eigenvalue weighted by molar-refractivity contribution is 0.241. The van der Waals surface area contributed by atoms with Crippen LogP contribution in [0.15, 0.2) is 84.9 Å². The molecule has 1 N–H and O–H groups in total. The van der Waals surface area contributed by atoms with Crippen LogP contribution in [0.1, 0.15) is 5.56 Å². The molecule has 3 aromatic carbocycles. The fourth-order valence-corrected chi connectivity index (χ4v) is 2.77. The lowest BCUT2D eigenvalue weighted by Crippen LogP contribution is -2.41. The van der Waals surface area contributed by atoms with Gasteiger partial charge < -0.3 is 14.8 Å². The van der Waals surface area contributed by atoms with Gasteiger partial charge in [0.05, 0.1) is 20.2 Å². The van der Waals surface area contributed by atoms with Gasteiger partial charge in [-0.3, -0.25) is 4.90 Å². The number of rotatable bonds is 8. The van der Waals surface area contributed by atoms with Crippen molar-refractivity contribution in [2.75, 3.05) is 25.2 Å². The maximum Gasteiger partial charge on any atom is 0.322 e. The van der Waals surface area contributed by atoms with Gasteiger partial charge in [0.15, 0.2) is 0 Å². The Labute approximate surface area is 165 Å². The number of nitrogens with zero attached hydrogens (tertiary/aromatic N) is 1. The van der Waals surface area contributed by atoms with Crippen molar-refractivity contribution in [3.63, 3.8) is 0 Å². The summed E-state index contributed by atoms with van der Waals surface area (Å²) in [5.41, 5.74) is 1.91. The molecule has 3 aromatic rings. The van der Waals surface area contributed by atoms with Gasteiger partial charge in [0.1, 0.15) is 18.1 Å². The van der Waals surface area contributed by atoms with Crippen LogP contribution in [0.25, 0.3) is 0 Å². The first-order valence-corrected chi connectivity index (χ1v) is 9.17. The Morgan fingerprint density at radius 2 is 1.57 bits per heavy atom. The van der Waals surface area contributed by atoms with Crippen LogP contribution < -0.4 is 19.7 Å². The number of ether oxygens (including phenoxy) is 2. The van der Waals surface area contributed by atoms with Gasteiger partial charge in [-0.15, -0.1) is 0 Å². The van der Waals surface area contributed by atoms with Gasteiger partial charge in [-0.1, -0.05) is 54.6 Å². The lowest BCUT2D eigenvalue weighted by atomic mass is 10.2. The summed E-state index contributed by atoms with van der Waals surface area (Å²) in [7, 11) is 1.62. The van der Waals surface area contributed by atoms with Gasteiger partial charge in [-0.05, 0) is 29.8 Å². The number of hydrogen-bond acceptors (Lipinski definition) is 3. The molecule has 0 aliphatic carbocycles. The highest BCUT2D eigenvalue weighted by Gasteiger charge is 2.15. The van der Waals surface area contributed by atoms with E-state index >= 15 is 0 Å². The number of carbonyl (C=O) groups is 1. The highest BCUT2D eigenvalue weighted by atomic mass is 16.5. The van der Waals surface area contributed by atoms with E-state index in [1.54, 1.807) is 12.0 Å². The first-order valence-electron chi connectivity index (χ1n) is 9.17. The van der Waals surface area contributed by atoms with Crippen molar-refractivity contribution in [2.24, 2.45) is 0 Å². The summed E-state index contributed by atoms with van der Waals surface area (Å²) in [4.78, 5) is 14.5. The molecule has 144 valence electrons. The van der Waals surface area contributed by atoms with Gasteiger partial charge in [0, 0.05) is 11.8 Å². The predicted octanol–water partition coefficient (Wildman–Crippen LogP) is 4.49. The molecule has 0 spiro atoms. The van der Waals surface area contributed by atoms with Crippen LogP contribution >= 0.6 is 0 Å². The van der Waals surface area contributed by atoms with E-state index in [-0.39, 0.29) is 6.03 Å². The highest BCUT2D eigenvalue weighted by Crippen LogP contribution is 2.19. The molecular formula is C23H24N2O3. The van der Waals surface area contributed by atoms with Gasteiger partial charge in [-0.25, -0.2) is 4.79 Å². The monoisotopic (exact) mass is 376 g/mol. The predicted molar refractivity (Wildman–Crippen MR) is 111 cm³/mol. The maximum absolute atomic E-state index is 12.8. The molecule has 0 aliphatic heterocycles. The molecule has 28 heavy (non-hydrogen) atoms. The number of amides is 2. The minimum Gasteiger partial charge on any atom is -0.497 e. The minimum absolute atomic E-state index is 0.163. The van der Waals surface area contributed by atoms with E-state index in [0.717, 1.165) is 17.0 Å². The summed E-state index contributed by atoms with van der Waals surface area (Å²) in [6.45, 7) is 1.26. The third-order valence-electron chi connectivity index (χ3n) is 4.18. The molecule has 0 aromatic heterocycles. The van der Waals surface area contributed by atoms with Gasteiger partial charge in [0.2, 0.25) is 0 Å². The van der Waals surface area contributed by atoms with Crippen LogP contribution in [0.2, 0.25) is 0 Å². The molecule has 0 saturated carbocycles. The van der Waals surface area contributed by atoms with Gasteiger partial charge >= 0.3 is 6.03 Å². The third kappa shape index (κ3) is 5.51. The molecule has 2 amide bonds. The van der Waals surface area contributed by atoms with Crippen LogP contribution in [0.3, 0.4) is 0 Å². The Hall–Kier alpha value is -3.47. The van der Waals surface area contributed by atoms with E-state index in [1.807, 2.05) is 84.9 Å². The van der Waals surface area contributed by atoms with Gasteiger partial charge in [-0.2, -0.15) is 0 Å². The second-order valence-corrected chi connectivity index (χ2v) is 6.17. The van der Waals surface area contributed by atoms with Crippen molar-refractivity contribution in [2.45, 2.75) is 6.54 Å². The van der Waals surface area contributed by atoms with Crippen LogP contribution in [0.4, 0.5) is 10.5 Å². The summed E-state index contributed by atoms with van der Waals surface area (Å²) in [5.74, 6) is 1.44. The van der Waals surface area contributed by atoms with Crippen molar-refractivity contribution in [1.82, 2.24) is 5.32 Å². The number of urea groups is 1. The molecule has 0 aliphatic rings. The lowest BCUT2D eigenvalue weighted by Gasteiger charge is -2.23. The average Bonchev–Trinajstić information content (AvgIpc) is 2.76. The number of nitrogens with one attached hydrogen (secondary N) is 1. The quantitative estimate of drug-likeness (QED) is 0.589. The Kier molecular flexibility index (Phi) is 6.90. The van der Waals surface area contributed by atoms with E-state index in [9.17, 15) is 4.79 Å². The van der Waals surface area contributed by atoms with Crippen molar-refractivity contribution < 1.29 is 14.3 Å². The molecule has 0 saturated heterocycles. The Bertz CT molecular complexity index is 869. The van der Waals surface area contributed by atoms with Crippen molar-refractivity contribution >= 4 is 11.7 Å². The zero-order valence-electron chi connectivity index (χ0n) is 15.9. The zero-order valence-corrected chi connectivity index (χ0v) is 15.9. The first kappa shape index (κ1) is 19.3. The normalized spacial score (nSPS) is 10.2. The number of para-hydroxylation sites is 1. The molecule has 0 heterocycles. The molecule has 3 rings (SSSR count). The Morgan fingerprint density at radius 1 is 0.893 bits per heavy atom. The fourth-order valence-electron chi connectivity index (χ4n) is 2.77. The second kappa shape index (κ2) is 10.0. The maximum atomic E-state index is 12.8. The zero-order chi connectivity index (χ0) is 19.6. The molecule has 5 heteroatoms. The molecule has 5 nitrogen and oxygen atoms in total. The van der Waals surface area contributed by atoms with E-state index < -0.39 is 0 Å². The van der Waals surface area contributed by atoms with E-state index in [1.165, 1.54) is 0 Å². The summed E-state index contributed by atoms with van der Waals surface area (Å²) in [6, 6.07) is 26.8. The minimum atomic E-state index is -0.163. The van der Waals surface area contributed by atoms with Crippen molar-refractivity contribution in [1.29, 1.82) is 0 Å². The molecule has 0 radical (unpaired) electrons.